The lowest BCUT2D eigenvalue weighted by Gasteiger charge is -2.10. The summed E-state index contributed by atoms with van der Waals surface area (Å²) in [5, 5.41) is 2.76. The second-order valence-electron chi connectivity index (χ2n) is 5.39. The van der Waals surface area contributed by atoms with Gasteiger partial charge in [0.15, 0.2) is 0 Å². The molecule has 0 heterocycles. The molecule has 6 heteroatoms. The number of hydrogen-bond donors (Lipinski definition) is 1. The van der Waals surface area contributed by atoms with Gasteiger partial charge in [0, 0.05) is 22.9 Å². The molecule has 0 spiro atoms. The van der Waals surface area contributed by atoms with Crippen LogP contribution in [0.4, 0.5) is 4.39 Å². The largest absolute Gasteiger partial charge is 0.496 e. The number of methoxy groups -OCH3 is 1. The molecule has 2 aromatic rings. The Morgan fingerprint density at radius 3 is 2.67 bits per heavy atom. The number of ether oxygens (including phenoxy) is 1. The third kappa shape index (κ3) is 5.16. The molecule has 0 radical (unpaired) electrons. The van der Waals surface area contributed by atoms with Crippen LogP contribution in [0, 0.1) is 12.7 Å². The molecule has 0 aliphatic heterocycles. The van der Waals surface area contributed by atoms with E-state index in [9.17, 15) is 13.4 Å². The Bertz CT molecular complexity index is 749. The average Bonchev–Trinajstić information content (AvgIpc) is 2.54. The summed E-state index contributed by atoms with van der Waals surface area (Å²) >= 11 is 0. The summed E-state index contributed by atoms with van der Waals surface area (Å²) in [6.07, 6.45) is 0. The van der Waals surface area contributed by atoms with Gasteiger partial charge in [-0.05, 0) is 36.2 Å². The van der Waals surface area contributed by atoms with Crippen LogP contribution in [-0.4, -0.2) is 23.0 Å². The number of carbonyl (C=O) groups is 1. The Morgan fingerprint density at radius 2 is 1.96 bits per heavy atom. The van der Waals surface area contributed by atoms with Gasteiger partial charge in [0.05, 0.1) is 12.9 Å². The molecule has 2 rings (SSSR count). The van der Waals surface area contributed by atoms with E-state index in [0.29, 0.717) is 17.9 Å². The zero-order valence-corrected chi connectivity index (χ0v) is 14.5. The molecule has 128 valence electrons. The van der Waals surface area contributed by atoms with E-state index in [1.165, 1.54) is 25.3 Å². The van der Waals surface area contributed by atoms with Gasteiger partial charge in [0.1, 0.15) is 17.3 Å². The molecular weight excluding hydrogens is 329 g/mol. The summed E-state index contributed by atoms with van der Waals surface area (Å²) in [7, 11) is 0.0236. The highest BCUT2D eigenvalue weighted by Crippen LogP contribution is 2.20. The van der Waals surface area contributed by atoms with Crippen molar-refractivity contribution in [2.24, 2.45) is 0 Å². The predicted molar refractivity (Wildman–Crippen MR) is 92.7 cm³/mol. The minimum absolute atomic E-state index is 0.0682. The van der Waals surface area contributed by atoms with Gasteiger partial charge in [-0.1, -0.05) is 24.3 Å². The van der Waals surface area contributed by atoms with Gasteiger partial charge in [-0.15, -0.1) is 0 Å². The second-order valence-corrected chi connectivity index (χ2v) is 6.84. The van der Waals surface area contributed by atoms with Gasteiger partial charge >= 0.3 is 0 Å². The number of carbonyl (C=O) groups excluding carboxylic acids is 1. The van der Waals surface area contributed by atoms with Crippen molar-refractivity contribution in [3.8, 4) is 5.75 Å². The Kier molecular flexibility index (Phi) is 6.49. The van der Waals surface area contributed by atoms with Gasteiger partial charge in [-0.3, -0.25) is 9.00 Å². The van der Waals surface area contributed by atoms with Crippen molar-refractivity contribution >= 4 is 16.7 Å². The topological polar surface area (TPSA) is 55.4 Å². The first-order valence-corrected chi connectivity index (χ1v) is 8.97. The molecule has 2 aromatic carbocycles. The summed E-state index contributed by atoms with van der Waals surface area (Å²) in [6, 6.07) is 11.8. The maximum atomic E-state index is 13.3. The van der Waals surface area contributed by atoms with E-state index < -0.39 is 16.6 Å². The summed E-state index contributed by atoms with van der Waals surface area (Å²) in [5.41, 5.74) is 2.59. The standard InChI is InChI=1S/C18H20FNO3S/c1-13-5-3-4-6-14(13)10-20-18(21)12-24(22)11-15-9-16(19)7-8-17(15)23-2/h3-9H,10-12H2,1-2H3,(H,20,21)/t24-/m0/s1. The molecule has 1 amide bonds. The fraction of sp³-hybridized carbons (Fsp3) is 0.278. The smallest absolute Gasteiger partial charge is 0.232 e. The van der Waals surface area contributed by atoms with E-state index >= 15 is 0 Å². The van der Waals surface area contributed by atoms with E-state index in [1.807, 2.05) is 31.2 Å². The first-order valence-electron chi connectivity index (χ1n) is 7.48. The molecule has 0 bridgehead atoms. The molecule has 4 nitrogen and oxygen atoms in total. The highest BCUT2D eigenvalue weighted by atomic mass is 32.2. The predicted octanol–water partition coefficient (Wildman–Crippen LogP) is 2.71. The monoisotopic (exact) mass is 349 g/mol. The lowest BCUT2D eigenvalue weighted by atomic mass is 10.1. The van der Waals surface area contributed by atoms with Crippen molar-refractivity contribution in [3.05, 3.63) is 65.0 Å². The van der Waals surface area contributed by atoms with Crippen molar-refractivity contribution in [2.75, 3.05) is 12.9 Å². The van der Waals surface area contributed by atoms with Crippen LogP contribution in [0.5, 0.6) is 5.75 Å². The third-order valence-corrected chi connectivity index (χ3v) is 4.81. The summed E-state index contributed by atoms with van der Waals surface area (Å²) < 4.78 is 30.6. The summed E-state index contributed by atoms with van der Waals surface area (Å²) in [6.45, 7) is 2.36. The lowest BCUT2D eigenvalue weighted by molar-refractivity contribution is -0.118. The summed E-state index contributed by atoms with van der Waals surface area (Å²) in [4.78, 5) is 11.9. The molecule has 0 aromatic heterocycles. The van der Waals surface area contributed by atoms with Crippen molar-refractivity contribution in [2.45, 2.75) is 19.2 Å². The number of halogens is 1. The van der Waals surface area contributed by atoms with E-state index in [4.69, 9.17) is 4.74 Å². The maximum absolute atomic E-state index is 13.3. The van der Waals surface area contributed by atoms with Gasteiger partial charge in [-0.2, -0.15) is 0 Å². The van der Waals surface area contributed by atoms with Gasteiger partial charge in [0.25, 0.3) is 0 Å². The highest BCUT2D eigenvalue weighted by molar-refractivity contribution is 7.84. The maximum Gasteiger partial charge on any atom is 0.232 e. The summed E-state index contributed by atoms with van der Waals surface area (Å²) in [5.74, 6) is -0.326. The molecule has 24 heavy (non-hydrogen) atoms. The van der Waals surface area contributed by atoms with E-state index in [-0.39, 0.29) is 17.4 Å². The first-order chi connectivity index (χ1) is 11.5. The third-order valence-electron chi connectivity index (χ3n) is 3.59. The molecule has 0 saturated carbocycles. The second kappa shape index (κ2) is 8.59. The van der Waals surface area contributed by atoms with Crippen LogP contribution in [0.25, 0.3) is 0 Å². The number of rotatable bonds is 7. The van der Waals surface area contributed by atoms with Gasteiger partial charge in [0.2, 0.25) is 5.91 Å². The number of benzene rings is 2. The van der Waals surface area contributed by atoms with Crippen LogP contribution < -0.4 is 10.1 Å². The van der Waals surface area contributed by atoms with E-state index in [2.05, 4.69) is 5.32 Å². The molecule has 0 unspecified atom stereocenters. The Labute approximate surface area is 143 Å². The van der Waals surface area contributed by atoms with Crippen LogP contribution in [0.2, 0.25) is 0 Å². The number of amides is 1. The van der Waals surface area contributed by atoms with Crippen molar-refractivity contribution in [1.82, 2.24) is 5.32 Å². The molecule has 0 aliphatic carbocycles. The van der Waals surface area contributed by atoms with Gasteiger partial charge < -0.3 is 10.1 Å². The van der Waals surface area contributed by atoms with Crippen LogP contribution in [0.15, 0.2) is 42.5 Å². The van der Waals surface area contributed by atoms with Crippen LogP contribution in [0.1, 0.15) is 16.7 Å². The Balaban J connectivity index is 1.89. The fourth-order valence-corrected chi connectivity index (χ4v) is 3.35. The Hall–Kier alpha value is -2.21. The highest BCUT2D eigenvalue weighted by Gasteiger charge is 2.12. The average molecular weight is 349 g/mol. The van der Waals surface area contributed by atoms with Crippen molar-refractivity contribution in [1.29, 1.82) is 0 Å². The molecular formula is C18H20FNO3S. The minimum atomic E-state index is -1.44. The first kappa shape index (κ1) is 18.1. The number of aryl methyl sites for hydroxylation is 1. The molecule has 1 N–H and O–H groups in total. The van der Waals surface area contributed by atoms with Crippen LogP contribution in [-0.2, 0) is 27.9 Å². The van der Waals surface area contributed by atoms with Gasteiger partial charge in [-0.25, -0.2) is 4.39 Å². The molecule has 0 saturated heterocycles. The number of nitrogens with one attached hydrogen (secondary N) is 1. The van der Waals surface area contributed by atoms with Crippen LogP contribution in [0.3, 0.4) is 0 Å². The SMILES string of the molecule is COc1ccc(F)cc1C[S@](=O)CC(=O)NCc1ccccc1C. The van der Waals surface area contributed by atoms with Crippen LogP contribution >= 0.6 is 0 Å². The number of hydrogen-bond acceptors (Lipinski definition) is 3. The quantitative estimate of drug-likeness (QED) is 0.836. The zero-order chi connectivity index (χ0) is 17.5. The van der Waals surface area contributed by atoms with E-state index in [1.54, 1.807) is 0 Å². The van der Waals surface area contributed by atoms with Crippen molar-refractivity contribution in [3.63, 3.8) is 0 Å². The normalized spacial score (nSPS) is 11.8. The zero-order valence-electron chi connectivity index (χ0n) is 13.7. The minimum Gasteiger partial charge on any atom is -0.496 e. The fourth-order valence-electron chi connectivity index (χ4n) is 2.28. The molecule has 0 aliphatic rings. The molecule has 1 atom stereocenters. The molecule has 0 fully saturated rings. The Morgan fingerprint density at radius 1 is 1.21 bits per heavy atom. The lowest BCUT2D eigenvalue weighted by Crippen LogP contribution is -2.28. The van der Waals surface area contributed by atoms with Crippen molar-refractivity contribution < 1.29 is 18.1 Å². The van der Waals surface area contributed by atoms with E-state index in [0.717, 1.165) is 11.1 Å².